The minimum atomic E-state index is -0.789. The predicted molar refractivity (Wildman–Crippen MR) is 141 cm³/mol. The van der Waals surface area contributed by atoms with E-state index in [9.17, 15) is 14.6 Å². The van der Waals surface area contributed by atoms with E-state index in [1.807, 2.05) is 18.2 Å². The molecule has 5 nitrogen and oxygen atoms in total. The molecule has 0 amide bonds. The molecule has 1 aliphatic heterocycles. The van der Waals surface area contributed by atoms with Gasteiger partial charge in [0, 0.05) is 29.3 Å². The maximum absolute atomic E-state index is 13.2. The number of methoxy groups -OCH3 is 1. The molecule has 1 aliphatic rings. The molecule has 0 aliphatic carbocycles. The van der Waals surface area contributed by atoms with Gasteiger partial charge in [-0.15, -0.1) is 0 Å². The molecule has 1 saturated heterocycles. The van der Waals surface area contributed by atoms with E-state index in [0.717, 1.165) is 36.8 Å². The molecule has 0 saturated carbocycles. The predicted octanol–water partition coefficient (Wildman–Crippen LogP) is 5.63. The Labute approximate surface area is 220 Å². The average molecular weight is 531 g/mol. The summed E-state index contributed by atoms with van der Waals surface area (Å²) in [6.45, 7) is 2.21. The lowest BCUT2D eigenvalue weighted by atomic mass is 9.74. The van der Waals surface area contributed by atoms with Crippen LogP contribution >= 0.6 is 23.2 Å². The zero-order chi connectivity index (χ0) is 25.7. The molecule has 36 heavy (non-hydrogen) atoms. The Morgan fingerprint density at radius 1 is 1.17 bits per heavy atom. The van der Waals surface area contributed by atoms with Crippen LogP contribution in [0.5, 0.6) is 5.75 Å². The van der Waals surface area contributed by atoms with Crippen molar-refractivity contribution in [3.63, 3.8) is 0 Å². The van der Waals surface area contributed by atoms with Crippen LogP contribution in [0.3, 0.4) is 0 Å². The number of nitrogens with zero attached hydrogens (tertiary/aromatic N) is 2. The highest BCUT2D eigenvalue weighted by molar-refractivity contribution is 6.32. The topological polar surface area (TPSA) is 65.8 Å². The smallest absolute Gasteiger partial charge is 0.124 e. The van der Waals surface area contributed by atoms with Crippen molar-refractivity contribution in [1.29, 1.82) is 0 Å². The van der Waals surface area contributed by atoms with Gasteiger partial charge in [0.05, 0.1) is 35.3 Å². The Morgan fingerprint density at radius 2 is 1.94 bits per heavy atom. The fourth-order valence-electron chi connectivity index (χ4n) is 4.73. The van der Waals surface area contributed by atoms with Crippen molar-refractivity contribution in [3.8, 4) is 17.6 Å². The monoisotopic (exact) mass is 530 g/mol. The van der Waals surface area contributed by atoms with Crippen LogP contribution in [0.15, 0.2) is 42.6 Å². The zero-order valence-corrected chi connectivity index (χ0v) is 21.6. The van der Waals surface area contributed by atoms with Gasteiger partial charge in [-0.05, 0) is 80.6 Å². The van der Waals surface area contributed by atoms with Crippen LogP contribution in [-0.4, -0.2) is 53.4 Å². The summed E-state index contributed by atoms with van der Waals surface area (Å²) < 4.78 is 18.5. The highest BCUT2D eigenvalue weighted by Crippen LogP contribution is 2.40. The molecule has 1 atom stereocenters. The van der Waals surface area contributed by atoms with Crippen molar-refractivity contribution < 1.29 is 19.3 Å². The summed E-state index contributed by atoms with van der Waals surface area (Å²) in [5.41, 5.74) is 1.72. The maximum atomic E-state index is 13.2. The zero-order valence-electron chi connectivity index (χ0n) is 20.1. The van der Waals surface area contributed by atoms with Crippen molar-refractivity contribution in [2.45, 2.75) is 31.8 Å². The van der Waals surface area contributed by atoms with Crippen molar-refractivity contribution >= 4 is 34.1 Å². The van der Waals surface area contributed by atoms with Gasteiger partial charge in [0.2, 0.25) is 0 Å². The van der Waals surface area contributed by atoms with Crippen molar-refractivity contribution in [1.82, 2.24) is 9.88 Å². The molecule has 3 aromatic rings. The van der Waals surface area contributed by atoms with Gasteiger partial charge in [-0.3, -0.25) is 9.88 Å². The molecular weight excluding hydrogens is 502 g/mol. The second kappa shape index (κ2) is 11.8. The van der Waals surface area contributed by atoms with E-state index in [1.54, 1.807) is 19.4 Å². The van der Waals surface area contributed by atoms with E-state index in [0.29, 0.717) is 46.3 Å². The second-order valence-corrected chi connectivity index (χ2v) is 10.1. The van der Waals surface area contributed by atoms with E-state index in [1.165, 1.54) is 12.1 Å². The van der Waals surface area contributed by atoms with Gasteiger partial charge in [0.25, 0.3) is 0 Å². The lowest BCUT2D eigenvalue weighted by molar-refractivity contribution is 0.0273. The Morgan fingerprint density at radius 3 is 2.64 bits per heavy atom. The Bertz CT molecular complexity index is 1280. The Balaban J connectivity index is 1.38. The third-order valence-electron chi connectivity index (χ3n) is 7.06. The quantitative estimate of drug-likeness (QED) is 0.387. The van der Waals surface area contributed by atoms with E-state index in [-0.39, 0.29) is 17.8 Å². The van der Waals surface area contributed by atoms with Gasteiger partial charge < -0.3 is 14.9 Å². The number of aliphatic hydroxyl groups is 2. The lowest BCUT2D eigenvalue weighted by Gasteiger charge is -2.40. The van der Waals surface area contributed by atoms with Crippen LogP contribution in [0.4, 0.5) is 4.39 Å². The Kier molecular flexibility index (Phi) is 8.71. The van der Waals surface area contributed by atoms with Crippen LogP contribution < -0.4 is 4.74 Å². The van der Waals surface area contributed by atoms with Crippen LogP contribution in [-0.2, 0) is 0 Å². The van der Waals surface area contributed by atoms with E-state index >= 15 is 0 Å². The molecule has 1 unspecified atom stereocenters. The van der Waals surface area contributed by atoms with Crippen molar-refractivity contribution in [2.24, 2.45) is 5.41 Å². The summed E-state index contributed by atoms with van der Waals surface area (Å²) in [6.07, 6.45) is 3.51. The molecule has 1 aromatic heterocycles. The van der Waals surface area contributed by atoms with Gasteiger partial charge >= 0.3 is 0 Å². The molecule has 0 radical (unpaired) electrons. The number of halogens is 3. The van der Waals surface area contributed by atoms with Crippen LogP contribution in [0.25, 0.3) is 10.9 Å². The van der Waals surface area contributed by atoms with Gasteiger partial charge in [-0.1, -0.05) is 35.0 Å². The van der Waals surface area contributed by atoms with Crippen LogP contribution in [0.2, 0.25) is 10.0 Å². The average Bonchev–Trinajstić information content (AvgIpc) is 2.89. The van der Waals surface area contributed by atoms with Gasteiger partial charge in [0.15, 0.2) is 0 Å². The number of ether oxygens (including phenoxy) is 1. The third kappa shape index (κ3) is 6.11. The maximum Gasteiger partial charge on any atom is 0.124 e. The molecule has 2 aromatic carbocycles. The number of benzene rings is 2. The normalized spacial score (nSPS) is 16.4. The molecule has 2 heterocycles. The number of rotatable bonds is 7. The van der Waals surface area contributed by atoms with Gasteiger partial charge in [0.1, 0.15) is 11.6 Å². The summed E-state index contributed by atoms with van der Waals surface area (Å²) >= 11 is 12.5. The van der Waals surface area contributed by atoms with Crippen LogP contribution in [0, 0.1) is 23.1 Å². The fraction of sp³-hybridized carbons (Fsp3) is 0.393. The number of likely N-dealkylation sites (tertiary alicyclic amines) is 1. The summed E-state index contributed by atoms with van der Waals surface area (Å²) in [6, 6.07) is 9.70. The summed E-state index contributed by atoms with van der Waals surface area (Å²) in [4.78, 5) is 6.59. The van der Waals surface area contributed by atoms with Crippen LogP contribution in [0.1, 0.15) is 42.9 Å². The Hall–Kier alpha value is -2.40. The van der Waals surface area contributed by atoms with Gasteiger partial charge in [-0.25, -0.2) is 4.39 Å². The van der Waals surface area contributed by atoms with Crippen molar-refractivity contribution in [2.75, 3.05) is 33.4 Å². The number of piperidine rings is 1. The molecule has 2 N–H and O–H groups in total. The number of aliphatic hydroxyl groups excluding tert-OH is 2. The number of fused-ring (bicyclic) bond motifs is 1. The molecule has 190 valence electrons. The molecule has 8 heteroatoms. The first-order valence-electron chi connectivity index (χ1n) is 11.9. The molecule has 4 rings (SSSR count). The first kappa shape index (κ1) is 26.7. The number of aromatic nitrogens is 1. The lowest BCUT2D eigenvalue weighted by Crippen LogP contribution is -2.42. The third-order valence-corrected chi connectivity index (χ3v) is 7.67. The molecule has 1 fully saturated rings. The molecular formula is C28H29Cl2FN2O3. The van der Waals surface area contributed by atoms with E-state index in [4.69, 9.17) is 27.9 Å². The first-order valence-corrected chi connectivity index (χ1v) is 12.7. The fourth-order valence-corrected chi connectivity index (χ4v) is 5.22. The molecule has 0 bridgehead atoms. The first-order chi connectivity index (χ1) is 17.3. The summed E-state index contributed by atoms with van der Waals surface area (Å²) in [5, 5.41) is 22.9. The SMILES string of the molecule is COc1ccc2ncc(Cl)c(C(O)CCC3(CO)CCN(CC#Cc4ccc(F)cc4Cl)CC3)c2c1. The molecule has 0 spiro atoms. The summed E-state index contributed by atoms with van der Waals surface area (Å²) in [5.74, 6) is 6.41. The minimum absolute atomic E-state index is 0.0586. The highest BCUT2D eigenvalue weighted by atomic mass is 35.5. The number of hydrogen-bond acceptors (Lipinski definition) is 5. The number of hydrogen-bond donors (Lipinski definition) is 2. The van der Waals surface area contributed by atoms with Gasteiger partial charge in [-0.2, -0.15) is 0 Å². The highest BCUT2D eigenvalue weighted by Gasteiger charge is 2.34. The van der Waals surface area contributed by atoms with E-state index < -0.39 is 6.10 Å². The van der Waals surface area contributed by atoms with Crippen molar-refractivity contribution in [3.05, 3.63) is 69.6 Å². The second-order valence-electron chi connectivity index (χ2n) is 9.32. The minimum Gasteiger partial charge on any atom is -0.497 e. The summed E-state index contributed by atoms with van der Waals surface area (Å²) in [7, 11) is 1.59. The number of pyridine rings is 1. The van der Waals surface area contributed by atoms with E-state index in [2.05, 4.69) is 21.7 Å². The largest absolute Gasteiger partial charge is 0.497 e. The standard InChI is InChI=1S/C28H29Cl2FN2O3/c1-36-21-6-7-25-22(16-21)27(24(30)17-32-25)26(35)8-9-28(18-34)10-13-33(14-11-28)12-2-3-19-4-5-20(31)15-23(19)29/h4-7,15-17,26,34-35H,8-14,18H2,1H3.